The number of aryl methyl sites for hydroxylation is 1. The van der Waals surface area contributed by atoms with Crippen LogP contribution in [0.5, 0.6) is 5.75 Å². The van der Waals surface area contributed by atoms with E-state index in [-0.39, 0.29) is 36.4 Å². The Labute approximate surface area is 197 Å². The van der Waals surface area contributed by atoms with Crippen LogP contribution in [0.2, 0.25) is 0 Å². The average molecular weight is 462 g/mol. The molecule has 1 aromatic rings. The van der Waals surface area contributed by atoms with Gasteiger partial charge in [0.25, 0.3) is 5.91 Å². The minimum atomic E-state index is -0.624. The molecule has 8 nitrogen and oxygen atoms in total. The Morgan fingerprint density at radius 3 is 2.27 bits per heavy atom. The van der Waals surface area contributed by atoms with E-state index in [1.54, 1.807) is 25.7 Å². The zero-order valence-corrected chi connectivity index (χ0v) is 21.0. The molecule has 184 valence electrons. The van der Waals surface area contributed by atoms with Crippen molar-refractivity contribution in [2.75, 3.05) is 26.2 Å². The molecule has 1 aliphatic rings. The predicted molar refractivity (Wildman–Crippen MR) is 127 cm³/mol. The molecule has 1 heterocycles. The van der Waals surface area contributed by atoms with Gasteiger partial charge in [0.1, 0.15) is 17.9 Å². The SMILES string of the molecule is Cc1ccc(OCC(=O)N2CCC(NC(=O)CNC(=O)OC(C)(C)C)CC2)c(C(C)(C)C)c1. The highest BCUT2D eigenvalue weighted by atomic mass is 16.6. The molecule has 0 saturated carbocycles. The molecule has 0 spiro atoms. The fourth-order valence-electron chi connectivity index (χ4n) is 3.61. The minimum absolute atomic E-state index is 0.0109. The van der Waals surface area contributed by atoms with Gasteiger partial charge in [0.05, 0.1) is 0 Å². The smallest absolute Gasteiger partial charge is 0.408 e. The molecule has 1 aliphatic heterocycles. The molecule has 2 N–H and O–H groups in total. The van der Waals surface area contributed by atoms with E-state index < -0.39 is 11.7 Å². The fraction of sp³-hybridized carbons (Fsp3) is 0.640. The van der Waals surface area contributed by atoms with Crippen LogP contribution in [0, 0.1) is 6.92 Å². The van der Waals surface area contributed by atoms with Crippen molar-refractivity contribution in [1.82, 2.24) is 15.5 Å². The normalized spacial score (nSPS) is 15.1. The number of piperidine rings is 1. The lowest BCUT2D eigenvalue weighted by molar-refractivity contribution is -0.134. The summed E-state index contributed by atoms with van der Waals surface area (Å²) in [6.07, 6.45) is 0.685. The third-order valence-electron chi connectivity index (χ3n) is 5.30. The maximum atomic E-state index is 12.7. The van der Waals surface area contributed by atoms with Crippen LogP contribution in [-0.4, -0.2) is 60.7 Å². The molecular weight excluding hydrogens is 422 g/mol. The maximum absolute atomic E-state index is 12.7. The third-order valence-corrected chi connectivity index (χ3v) is 5.30. The van der Waals surface area contributed by atoms with Gasteiger partial charge in [-0.3, -0.25) is 9.59 Å². The standard InChI is InChI=1S/C25H39N3O5/c1-17-8-9-20(19(14-17)24(2,3)4)32-16-22(30)28-12-10-18(11-13-28)27-21(29)15-26-23(31)33-25(5,6)7/h8-9,14,18H,10-13,15-16H2,1-7H3,(H,26,31)(H,27,29). The number of carbonyl (C=O) groups is 3. The molecule has 0 unspecified atom stereocenters. The quantitative estimate of drug-likeness (QED) is 0.678. The van der Waals surface area contributed by atoms with Crippen LogP contribution < -0.4 is 15.4 Å². The third kappa shape index (κ3) is 8.94. The number of amides is 3. The van der Waals surface area contributed by atoms with Gasteiger partial charge in [0.2, 0.25) is 5.91 Å². The topological polar surface area (TPSA) is 97.0 Å². The number of hydrogen-bond acceptors (Lipinski definition) is 5. The summed E-state index contributed by atoms with van der Waals surface area (Å²) in [6, 6.07) is 5.98. The van der Waals surface area contributed by atoms with E-state index in [0.717, 1.165) is 16.9 Å². The van der Waals surface area contributed by atoms with Crippen LogP contribution >= 0.6 is 0 Å². The Balaban J connectivity index is 1.76. The van der Waals surface area contributed by atoms with E-state index in [0.29, 0.717) is 25.9 Å². The summed E-state index contributed by atoms with van der Waals surface area (Å²) in [5.41, 5.74) is 1.54. The first-order valence-corrected chi connectivity index (χ1v) is 11.5. The molecule has 1 saturated heterocycles. The first kappa shape index (κ1) is 26.5. The van der Waals surface area contributed by atoms with Crippen LogP contribution in [0.25, 0.3) is 0 Å². The van der Waals surface area contributed by atoms with E-state index in [1.807, 2.05) is 19.1 Å². The number of nitrogens with one attached hydrogen (secondary N) is 2. The minimum Gasteiger partial charge on any atom is -0.483 e. The second-order valence-electron chi connectivity index (χ2n) is 10.6. The second-order valence-corrected chi connectivity index (χ2v) is 10.6. The highest BCUT2D eigenvalue weighted by molar-refractivity contribution is 5.82. The van der Waals surface area contributed by atoms with Gasteiger partial charge in [-0.25, -0.2) is 4.79 Å². The number of hydrogen-bond donors (Lipinski definition) is 2. The maximum Gasteiger partial charge on any atom is 0.408 e. The van der Waals surface area contributed by atoms with Crippen molar-refractivity contribution in [2.45, 2.75) is 78.4 Å². The highest BCUT2D eigenvalue weighted by Gasteiger charge is 2.25. The number of alkyl carbamates (subject to hydrolysis) is 1. The number of nitrogens with zero attached hydrogens (tertiary/aromatic N) is 1. The summed E-state index contributed by atoms with van der Waals surface area (Å²) in [6.45, 7) is 14.6. The molecule has 8 heteroatoms. The zero-order chi connectivity index (χ0) is 24.8. The Morgan fingerprint density at radius 2 is 1.70 bits per heavy atom. The van der Waals surface area contributed by atoms with Crippen molar-refractivity contribution in [2.24, 2.45) is 0 Å². The number of rotatable bonds is 6. The summed E-state index contributed by atoms with van der Waals surface area (Å²) in [5.74, 6) is 0.399. The van der Waals surface area contributed by atoms with E-state index in [4.69, 9.17) is 9.47 Å². The molecule has 0 aromatic heterocycles. The number of ether oxygens (including phenoxy) is 2. The molecule has 1 aromatic carbocycles. The lowest BCUT2D eigenvalue weighted by Gasteiger charge is -2.32. The van der Waals surface area contributed by atoms with E-state index in [2.05, 4.69) is 37.5 Å². The van der Waals surface area contributed by atoms with Gasteiger partial charge in [-0.05, 0) is 57.6 Å². The van der Waals surface area contributed by atoms with Crippen LogP contribution in [0.15, 0.2) is 18.2 Å². The van der Waals surface area contributed by atoms with Crippen molar-refractivity contribution in [3.63, 3.8) is 0 Å². The van der Waals surface area contributed by atoms with Gasteiger partial charge in [0.15, 0.2) is 6.61 Å². The molecule has 0 bridgehead atoms. The summed E-state index contributed by atoms with van der Waals surface area (Å²) in [7, 11) is 0. The average Bonchev–Trinajstić information content (AvgIpc) is 2.70. The molecular formula is C25H39N3O5. The zero-order valence-electron chi connectivity index (χ0n) is 21.0. The molecule has 0 aliphatic carbocycles. The van der Waals surface area contributed by atoms with Crippen molar-refractivity contribution < 1.29 is 23.9 Å². The summed E-state index contributed by atoms with van der Waals surface area (Å²) in [4.78, 5) is 38.2. The van der Waals surface area contributed by atoms with E-state index >= 15 is 0 Å². The van der Waals surface area contributed by atoms with E-state index in [9.17, 15) is 14.4 Å². The van der Waals surface area contributed by atoms with Gasteiger partial charge in [-0.15, -0.1) is 0 Å². The fourth-order valence-corrected chi connectivity index (χ4v) is 3.61. The number of benzene rings is 1. The lowest BCUT2D eigenvalue weighted by Crippen LogP contribution is -2.49. The number of carbonyl (C=O) groups excluding carboxylic acids is 3. The van der Waals surface area contributed by atoms with Crippen LogP contribution in [0.4, 0.5) is 4.79 Å². The molecule has 2 rings (SSSR count). The van der Waals surface area contributed by atoms with Crippen LogP contribution in [0.3, 0.4) is 0 Å². The summed E-state index contributed by atoms with van der Waals surface area (Å²) < 4.78 is 11.0. The van der Waals surface area contributed by atoms with Gasteiger partial charge in [-0.2, -0.15) is 0 Å². The first-order valence-electron chi connectivity index (χ1n) is 11.5. The van der Waals surface area contributed by atoms with Gasteiger partial charge < -0.3 is 25.0 Å². The Kier molecular flexibility index (Phi) is 8.75. The molecule has 0 radical (unpaired) electrons. The van der Waals surface area contributed by atoms with Gasteiger partial charge in [-0.1, -0.05) is 38.5 Å². The monoisotopic (exact) mass is 461 g/mol. The Bertz CT molecular complexity index is 847. The summed E-state index contributed by atoms with van der Waals surface area (Å²) >= 11 is 0. The second kappa shape index (κ2) is 10.9. The van der Waals surface area contributed by atoms with Crippen molar-refractivity contribution >= 4 is 17.9 Å². The molecule has 1 fully saturated rings. The molecule has 33 heavy (non-hydrogen) atoms. The molecule has 3 amide bonds. The van der Waals surface area contributed by atoms with Crippen LogP contribution in [-0.2, 0) is 19.7 Å². The van der Waals surface area contributed by atoms with Crippen LogP contribution in [0.1, 0.15) is 65.5 Å². The Hall–Kier alpha value is -2.77. The van der Waals surface area contributed by atoms with Gasteiger partial charge >= 0.3 is 6.09 Å². The predicted octanol–water partition coefficient (Wildman–Crippen LogP) is 3.30. The lowest BCUT2D eigenvalue weighted by atomic mass is 9.85. The van der Waals surface area contributed by atoms with Gasteiger partial charge in [0, 0.05) is 19.1 Å². The van der Waals surface area contributed by atoms with E-state index in [1.165, 1.54) is 0 Å². The Morgan fingerprint density at radius 1 is 1.06 bits per heavy atom. The first-order chi connectivity index (χ1) is 15.2. The van der Waals surface area contributed by atoms with Crippen molar-refractivity contribution in [3.05, 3.63) is 29.3 Å². The number of likely N-dealkylation sites (tertiary alicyclic amines) is 1. The highest BCUT2D eigenvalue weighted by Crippen LogP contribution is 2.32. The summed E-state index contributed by atoms with van der Waals surface area (Å²) in [5, 5.41) is 5.36. The van der Waals surface area contributed by atoms with Crippen molar-refractivity contribution in [1.29, 1.82) is 0 Å². The van der Waals surface area contributed by atoms with Crippen molar-refractivity contribution in [3.8, 4) is 5.75 Å². The largest absolute Gasteiger partial charge is 0.483 e. The molecule has 0 atom stereocenters.